The van der Waals surface area contributed by atoms with Crippen molar-refractivity contribution in [3.05, 3.63) is 29.6 Å². The van der Waals surface area contributed by atoms with Crippen LogP contribution in [-0.2, 0) is 4.79 Å². The maximum absolute atomic E-state index is 12.2. The quantitative estimate of drug-likeness (QED) is 0.350. The lowest BCUT2D eigenvalue weighted by molar-refractivity contribution is -0.645. The number of aromatic nitrogens is 1. The third-order valence-electron chi connectivity index (χ3n) is 5.91. The zero-order chi connectivity index (χ0) is 16.8. The molecule has 1 amide bonds. The Hall–Kier alpha value is -0.750. The summed E-state index contributed by atoms with van der Waals surface area (Å²) in [7, 11) is 0. The van der Waals surface area contributed by atoms with E-state index in [0.29, 0.717) is 20.5 Å². The molecule has 130 valence electrons. The Morgan fingerprint density at radius 3 is 2.75 bits per heavy atom. The van der Waals surface area contributed by atoms with Gasteiger partial charge in [0, 0.05) is 23.0 Å². The highest BCUT2D eigenvalue weighted by Crippen LogP contribution is 2.64. The molecule has 2 atom stereocenters. The molecule has 4 bridgehead atoms. The van der Waals surface area contributed by atoms with Gasteiger partial charge in [-0.3, -0.25) is 4.79 Å². The third-order valence-corrected chi connectivity index (χ3v) is 7.86. The number of carbonyl (C=O) groups is 1. The standard InChI is InChI=1S/C18H23BrN2O2S/c19-18-8-13-5-14(9-18)7-17(6-13,11-18)12-20-15(22)10-24-16-3-1-2-4-21(16)23/h1-4,13-14H,5-12H2,(H,20,22)/t13-,14-,17?,18?/m1/s1. The summed E-state index contributed by atoms with van der Waals surface area (Å²) in [6, 6.07) is 5.26. The Bertz CT molecular complexity index is 640. The van der Waals surface area contributed by atoms with Crippen molar-refractivity contribution in [1.82, 2.24) is 5.32 Å². The van der Waals surface area contributed by atoms with E-state index in [1.54, 1.807) is 12.1 Å². The van der Waals surface area contributed by atoms with Crippen molar-refractivity contribution >= 4 is 33.6 Å². The molecular formula is C18H23BrN2O2S. The number of rotatable bonds is 5. The average Bonchev–Trinajstić information content (AvgIpc) is 2.50. The molecule has 0 unspecified atom stereocenters. The van der Waals surface area contributed by atoms with Crippen molar-refractivity contribution < 1.29 is 9.52 Å². The SMILES string of the molecule is O=C(CSc1cccc[n+]1[O-])NCC12C[C@H]3C[C@@H](CC(Br)(C3)C1)C2. The minimum atomic E-state index is 0.0308. The molecule has 4 saturated carbocycles. The molecule has 4 fully saturated rings. The highest BCUT2D eigenvalue weighted by molar-refractivity contribution is 9.10. The van der Waals surface area contributed by atoms with Crippen molar-refractivity contribution in [2.24, 2.45) is 17.3 Å². The third kappa shape index (κ3) is 3.32. The summed E-state index contributed by atoms with van der Waals surface area (Å²) in [6.45, 7) is 0.791. The summed E-state index contributed by atoms with van der Waals surface area (Å²) < 4.78 is 1.14. The van der Waals surface area contributed by atoms with Crippen LogP contribution in [0.2, 0.25) is 0 Å². The molecule has 5 rings (SSSR count). The van der Waals surface area contributed by atoms with E-state index in [9.17, 15) is 10.0 Å². The highest BCUT2D eigenvalue weighted by atomic mass is 79.9. The normalized spacial score (nSPS) is 36.7. The second kappa shape index (κ2) is 6.20. The summed E-state index contributed by atoms with van der Waals surface area (Å²) in [6.07, 6.45) is 9.20. The van der Waals surface area contributed by atoms with Gasteiger partial charge in [-0.2, -0.15) is 4.73 Å². The highest BCUT2D eigenvalue weighted by Gasteiger charge is 2.56. The van der Waals surface area contributed by atoms with Crippen LogP contribution < -0.4 is 10.0 Å². The first kappa shape index (κ1) is 16.7. The Kier molecular flexibility index (Phi) is 4.32. The zero-order valence-corrected chi connectivity index (χ0v) is 16.1. The minimum Gasteiger partial charge on any atom is -0.618 e. The van der Waals surface area contributed by atoms with Crippen molar-refractivity contribution in [2.75, 3.05) is 12.3 Å². The maximum atomic E-state index is 12.2. The van der Waals surface area contributed by atoms with Gasteiger partial charge in [-0.15, -0.1) is 0 Å². The van der Waals surface area contributed by atoms with Crippen LogP contribution in [0.15, 0.2) is 29.4 Å². The zero-order valence-electron chi connectivity index (χ0n) is 13.7. The molecule has 0 spiro atoms. The van der Waals surface area contributed by atoms with E-state index in [1.165, 1.54) is 56.5 Å². The molecular weight excluding hydrogens is 388 g/mol. The summed E-state index contributed by atoms with van der Waals surface area (Å²) in [5.74, 6) is 2.00. The van der Waals surface area contributed by atoms with Crippen LogP contribution in [0.5, 0.6) is 0 Å². The van der Waals surface area contributed by atoms with Gasteiger partial charge in [0.15, 0.2) is 6.20 Å². The molecule has 1 aromatic heterocycles. The summed E-state index contributed by atoms with van der Waals surface area (Å²) in [4.78, 5) is 12.2. The van der Waals surface area contributed by atoms with Crippen molar-refractivity contribution in [2.45, 2.75) is 47.9 Å². The number of carbonyl (C=O) groups excluding carboxylic acids is 1. The fraction of sp³-hybridized carbons (Fsp3) is 0.667. The van der Waals surface area contributed by atoms with Crippen LogP contribution >= 0.6 is 27.7 Å². The Morgan fingerprint density at radius 1 is 1.33 bits per heavy atom. The van der Waals surface area contributed by atoms with E-state index in [4.69, 9.17) is 0 Å². The van der Waals surface area contributed by atoms with E-state index < -0.39 is 0 Å². The maximum Gasteiger partial charge on any atom is 0.251 e. The van der Waals surface area contributed by atoms with E-state index in [-0.39, 0.29) is 5.91 Å². The first-order chi connectivity index (χ1) is 11.5. The monoisotopic (exact) mass is 410 g/mol. The lowest BCUT2D eigenvalue weighted by atomic mass is 9.49. The van der Waals surface area contributed by atoms with Crippen LogP contribution in [0.4, 0.5) is 0 Å². The number of alkyl halides is 1. The van der Waals surface area contributed by atoms with Gasteiger partial charge in [0.2, 0.25) is 5.91 Å². The lowest BCUT2D eigenvalue weighted by Gasteiger charge is -2.60. The molecule has 4 nitrogen and oxygen atoms in total. The second-order valence-corrected chi connectivity index (χ2v) is 10.7. The number of thioether (sulfide) groups is 1. The molecule has 4 aliphatic rings. The number of hydrogen-bond acceptors (Lipinski definition) is 3. The van der Waals surface area contributed by atoms with Crippen LogP contribution in [0.1, 0.15) is 38.5 Å². The van der Waals surface area contributed by atoms with Crippen LogP contribution in [0.25, 0.3) is 0 Å². The van der Waals surface area contributed by atoms with Gasteiger partial charge in [-0.05, 0) is 73.6 Å². The smallest absolute Gasteiger partial charge is 0.251 e. The number of nitrogens with one attached hydrogen (secondary N) is 1. The number of amides is 1. The first-order valence-electron chi connectivity index (χ1n) is 8.72. The number of hydrogen-bond donors (Lipinski definition) is 1. The van der Waals surface area contributed by atoms with Crippen molar-refractivity contribution in [3.8, 4) is 0 Å². The van der Waals surface area contributed by atoms with Gasteiger partial charge < -0.3 is 10.5 Å². The van der Waals surface area contributed by atoms with E-state index in [0.717, 1.165) is 23.1 Å². The molecule has 1 heterocycles. The fourth-order valence-corrected chi connectivity index (χ4v) is 7.80. The van der Waals surface area contributed by atoms with Gasteiger partial charge in [0.1, 0.15) is 0 Å². The Labute approximate surface area is 155 Å². The molecule has 6 heteroatoms. The number of nitrogens with zero attached hydrogens (tertiary/aromatic N) is 1. The summed E-state index contributed by atoms with van der Waals surface area (Å²) >= 11 is 5.32. The first-order valence-corrected chi connectivity index (χ1v) is 10.5. The minimum absolute atomic E-state index is 0.0308. The van der Waals surface area contributed by atoms with Gasteiger partial charge in [-0.1, -0.05) is 15.9 Å². The fourth-order valence-electron chi connectivity index (χ4n) is 5.54. The molecule has 1 N–H and O–H groups in total. The Balaban J connectivity index is 1.32. The molecule has 0 aliphatic heterocycles. The molecule has 24 heavy (non-hydrogen) atoms. The Morgan fingerprint density at radius 2 is 2.08 bits per heavy atom. The van der Waals surface area contributed by atoms with Crippen LogP contribution in [-0.4, -0.2) is 22.5 Å². The van der Waals surface area contributed by atoms with E-state index in [1.807, 2.05) is 6.07 Å². The van der Waals surface area contributed by atoms with E-state index in [2.05, 4.69) is 21.2 Å². The number of pyridine rings is 1. The molecule has 1 aromatic rings. The van der Waals surface area contributed by atoms with E-state index >= 15 is 0 Å². The lowest BCUT2D eigenvalue weighted by Crippen LogP contribution is -2.56. The van der Waals surface area contributed by atoms with Crippen LogP contribution in [0, 0.1) is 22.5 Å². The second-order valence-electron chi connectivity index (χ2n) is 8.04. The van der Waals surface area contributed by atoms with Crippen LogP contribution in [0.3, 0.4) is 0 Å². The predicted molar refractivity (Wildman–Crippen MR) is 97.9 cm³/mol. The topological polar surface area (TPSA) is 56.0 Å². The number of halogens is 1. The van der Waals surface area contributed by atoms with Gasteiger partial charge in [-0.25, -0.2) is 0 Å². The van der Waals surface area contributed by atoms with Crippen molar-refractivity contribution in [3.63, 3.8) is 0 Å². The summed E-state index contributed by atoms with van der Waals surface area (Å²) in [5, 5.41) is 15.3. The van der Waals surface area contributed by atoms with Gasteiger partial charge in [0.05, 0.1) is 5.75 Å². The molecule has 0 aromatic carbocycles. The average molecular weight is 411 g/mol. The largest absolute Gasteiger partial charge is 0.618 e. The molecule has 0 saturated heterocycles. The molecule has 4 aliphatic carbocycles. The summed E-state index contributed by atoms with van der Waals surface area (Å²) in [5.41, 5.74) is 0.291. The van der Waals surface area contributed by atoms with Gasteiger partial charge >= 0.3 is 0 Å². The predicted octanol–water partition coefficient (Wildman–Crippen LogP) is 3.26. The molecule has 0 radical (unpaired) electrons. The van der Waals surface area contributed by atoms with Gasteiger partial charge in [0.25, 0.3) is 5.03 Å². The van der Waals surface area contributed by atoms with Crippen molar-refractivity contribution in [1.29, 1.82) is 0 Å².